The highest BCUT2D eigenvalue weighted by molar-refractivity contribution is 5.53. The molecule has 2 N–H and O–H groups in total. The first-order valence-electron chi connectivity index (χ1n) is 5.13. The molecule has 4 nitrogen and oxygen atoms in total. The molecule has 15 heavy (non-hydrogen) atoms. The molecule has 82 valence electrons. The van der Waals surface area contributed by atoms with Gasteiger partial charge in [0.05, 0.1) is 6.54 Å². The van der Waals surface area contributed by atoms with Gasteiger partial charge >= 0.3 is 0 Å². The van der Waals surface area contributed by atoms with Crippen molar-refractivity contribution in [1.29, 1.82) is 0 Å². The Morgan fingerprint density at radius 3 is 2.67 bits per heavy atom. The van der Waals surface area contributed by atoms with Crippen LogP contribution in [0.5, 0.6) is 11.5 Å². The average Bonchev–Trinajstić information content (AvgIpc) is 2.20. The smallest absolute Gasteiger partial charge is 0.146 e. The van der Waals surface area contributed by atoms with Gasteiger partial charge in [0.2, 0.25) is 0 Å². The van der Waals surface area contributed by atoms with Crippen LogP contribution in [0.4, 0.5) is 5.69 Å². The number of aromatic hydroxyl groups is 2. The summed E-state index contributed by atoms with van der Waals surface area (Å²) in [4.78, 5) is 0. The van der Waals surface area contributed by atoms with Crippen LogP contribution in [0.2, 0.25) is 0 Å². The van der Waals surface area contributed by atoms with Gasteiger partial charge in [-0.25, -0.2) is 0 Å². The molecule has 0 radical (unpaired) electrons. The predicted octanol–water partition coefficient (Wildman–Crippen LogP) is 3.37. The molecule has 1 rings (SSSR count). The molecule has 0 aromatic heterocycles. The molecule has 0 amide bonds. The van der Waals surface area contributed by atoms with Crippen LogP contribution in [0, 0.1) is 0 Å². The highest BCUT2D eigenvalue weighted by Crippen LogP contribution is 2.29. The van der Waals surface area contributed by atoms with E-state index in [1.165, 1.54) is 18.2 Å². The van der Waals surface area contributed by atoms with Gasteiger partial charge in [0.15, 0.2) is 0 Å². The largest absolute Gasteiger partial charge is 0.508 e. The fraction of sp³-hybridized carbons (Fsp3) is 0.455. The van der Waals surface area contributed by atoms with E-state index in [-0.39, 0.29) is 11.5 Å². The summed E-state index contributed by atoms with van der Waals surface area (Å²) >= 11 is 0. The zero-order valence-corrected chi connectivity index (χ0v) is 8.85. The van der Waals surface area contributed by atoms with E-state index in [0.29, 0.717) is 12.2 Å². The lowest BCUT2D eigenvalue weighted by molar-refractivity contribution is 0.451. The minimum atomic E-state index is -0.0470. The van der Waals surface area contributed by atoms with E-state index >= 15 is 0 Å². The Morgan fingerprint density at radius 2 is 2.00 bits per heavy atom. The first kappa shape index (κ1) is 11.5. The van der Waals surface area contributed by atoms with Gasteiger partial charge in [-0.05, 0) is 18.6 Å². The lowest BCUT2D eigenvalue weighted by Crippen LogP contribution is -1.78. The van der Waals surface area contributed by atoms with Crippen molar-refractivity contribution in [2.24, 2.45) is 10.2 Å². The molecule has 0 fully saturated rings. The summed E-state index contributed by atoms with van der Waals surface area (Å²) in [5.41, 5.74) is 0.393. The zero-order valence-electron chi connectivity index (χ0n) is 8.85. The van der Waals surface area contributed by atoms with E-state index < -0.39 is 0 Å². The first-order valence-corrected chi connectivity index (χ1v) is 5.13. The van der Waals surface area contributed by atoms with Crippen molar-refractivity contribution in [1.82, 2.24) is 0 Å². The van der Waals surface area contributed by atoms with E-state index in [1.807, 2.05) is 0 Å². The zero-order chi connectivity index (χ0) is 11.1. The van der Waals surface area contributed by atoms with Crippen molar-refractivity contribution < 1.29 is 10.2 Å². The minimum Gasteiger partial charge on any atom is -0.508 e. The maximum Gasteiger partial charge on any atom is 0.146 e. The van der Waals surface area contributed by atoms with Crippen molar-refractivity contribution in [3.8, 4) is 11.5 Å². The second-order valence-electron chi connectivity index (χ2n) is 3.35. The van der Waals surface area contributed by atoms with Crippen molar-refractivity contribution in [3.63, 3.8) is 0 Å². The van der Waals surface area contributed by atoms with Gasteiger partial charge in [-0.15, -0.1) is 0 Å². The lowest BCUT2D eigenvalue weighted by Gasteiger charge is -1.98. The van der Waals surface area contributed by atoms with Crippen LogP contribution in [-0.4, -0.2) is 16.8 Å². The Kier molecular flexibility index (Phi) is 4.60. The molecule has 1 aromatic carbocycles. The molecule has 0 aliphatic rings. The fourth-order valence-corrected chi connectivity index (χ4v) is 1.16. The van der Waals surface area contributed by atoms with Gasteiger partial charge in [0.1, 0.15) is 17.2 Å². The summed E-state index contributed by atoms with van der Waals surface area (Å²) in [7, 11) is 0. The number of hydrogen-bond donors (Lipinski definition) is 2. The van der Waals surface area contributed by atoms with Crippen LogP contribution in [-0.2, 0) is 0 Å². The van der Waals surface area contributed by atoms with Gasteiger partial charge in [-0.3, -0.25) is 0 Å². The average molecular weight is 208 g/mol. The molecule has 1 aromatic rings. The first-order chi connectivity index (χ1) is 7.24. The van der Waals surface area contributed by atoms with Crippen LogP contribution in [0.15, 0.2) is 28.4 Å². The maximum atomic E-state index is 9.38. The lowest BCUT2D eigenvalue weighted by atomic mass is 10.2. The van der Waals surface area contributed by atoms with E-state index in [2.05, 4.69) is 17.2 Å². The Morgan fingerprint density at radius 1 is 1.20 bits per heavy atom. The quantitative estimate of drug-likeness (QED) is 0.575. The number of nitrogens with zero attached hydrogens (tertiary/aromatic N) is 2. The molecule has 0 bridgehead atoms. The van der Waals surface area contributed by atoms with Crippen LogP contribution in [0.3, 0.4) is 0 Å². The fourth-order valence-electron chi connectivity index (χ4n) is 1.16. The minimum absolute atomic E-state index is 0.0254. The highest BCUT2D eigenvalue weighted by atomic mass is 16.3. The third-order valence-electron chi connectivity index (χ3n) is 2.00. The number of rotatable bonds is 5. The number of azo groups is 1. The summed E-state index contributed by atoms with van der Waals surface area (Å²) in [6, 6.07) is 4.26. The molecule has 0 heterocycles. The van der Waals surface area contributed by atoms with Crippen LogP contribution >= 0.6 is 0 Å². The molecule has 0 aliphatic heterocycles. The number of unbranched alkanes of at least 4 members (excludes halogenated alkanes) is 2. The molecule has 0 atom stereocenters. The summed E-state index contributed by atoms with van der Waals surface area (Å²) < 4.78 is 0. The SMILES string of the molecule is CCCCC/N=N/c1ccc(O)cc1O. The van der Waals surface area contributed by atoms with Gasteiger partial charge < -0.3 is 10.2 Å². The summed E-state index contributed by atoms with van der Waals surface area (Å²) in [5, 5.41) is 26.3. The van der Waals surface area contributed by atoms with E-state index in [4.69, 9.17) is 5.11 Å². The summed E-state index contributed by atoms with van der Waals surface area (Å²) in [5.74, 6) is -0.0216. The Hall–Kier alpha value is -1.58. The predicted molar refractivity (Wildman–Crippen MR) is 58.7 cm³/mol. The molecule has 0 saturated carbocycles. The molecule has 0 saturated heterocycles. The van der Waals surface area contributed by atoms with Crippen LogP contribution < -0.4 is 0 Å². The normalized spacial score (nSPS) is 11.0. The van der Waals surface area contributed by atoms with Crippen LogP contribution in [0.1, 0.15) is 26.2 Å². The van der Waals surface area contributed by atoms with Crippen molar-refractivity contribution in [3.05, 3.63) is 18.2 Å². The highest BCUT2D eigenvalue weighted by Gasteiger charge is 1.99. The Balaban J connectivity index is 2.49. The molecule has 0 unspecified atom stereocenters. The topological polar surface area (TPSA) is 65.2 Å². The second-order valence-corrected chi connectivity index (χ2v) is 3.35. The van der Waals surface area contributed by atoms with Crippen molar-refractivity contribution >= 4 is 5.69 Å². The van der Waals surface area contributed by atoms with Crippen molar-refractivity contribution in [2.75, 3.05) is 6.54 Å². The van der Waals surface area contributed by atoms with Crippen LogP contribution in [0.25, 0.3) is 0 Å². The number of hydrogen-bond acceptors (Lipinski definition) is 4. The van der Waals surface area contributed by atoms with Crippen molar-refractivity contribution in [2.45, 2.75) is 26.2 Å². The molecule has 0 spiro atoms. The summed E-state index contributed by atoms with van der Waals surface area (Å²) in [6.07, 6.45) is 3.30. The molecule has 0 aliphatic carbocycles. The Labute approximate surface area is 89.3 Å². The standard InChI is InChI=1S/C11H16N2O2/c1-2-3-4-7-12-13-10-6-5-9(14)8-11(10)15/h5-6,8,14-15H,2-4,7H2,1H3/b13-12+. The summed E-state index contributed by atoms with van der Waals surface area (Å²) in [6.45, 7) is 2.80. The number of benzene rings is 1. The molecule has 4 heteroatoms. The molecular weight excluding hydrogens is 192 g/mol. The monoisotopic (exact) mass is 208 g/mol. The number of phenols is 2. The maximum absolute atomic E-state index is 9.38. The van der Waals surface area contributed by atoms with E-state index in [9.17, 15) is 5.11 Å². The van der Waals surface area contributed by atoms with Gasteiger partial charge in [0, 0.05) is 6.07 Å². The van der Waals surface area contributed by atoms with E-state index in [1.54, 1.807) is 0 Å². The third kappa shape index (κ3) is 3.97. The Bertz CT molecular complexity index is 337. The van der Waals surface area contributed by atoms with Gasteiger partial charge in [0.25, 0.3) is 0 Å². The van der Waals surface area contributed by atoms with Gasteiger partial charge in [-0.2, -0.15) is 10.2 Å². The van der Waals surface area contributed by atoms with Gasteiger partial charge in [-0.1, -0.05) is 19.8 Å². The molecular formula is C11H16N2O2. The third-order valence-corrected chi connectivity index (χ3v) is 2.00. The van der Waals surface area contributed by atoms with E-state index in [0.717, 1.165) is 19.3 Å². The number of phenolic OH excluding ortho intramolecular Hbond substituents is 2. The second kappa shape index (κ2) is 6.01.